The van der Waals surface area contributed by atoms with Crippen molar-refractivity contribution in [1.29, 1.82) is 0 Å². The number of benzene rings is 2. The zero-order valence-corrected chi connectivity index (χ0v) is 22.7. The van der Waals surface area contributed by atoms with Gasteiger partial charge in [0, 0.05) is 45.7 Å². The van der Waals surface area contributed by atoms with Crippen LogP contribution in [0.15, 0.2) is 105 Å². The van der Waals surface area contributed by atoms with Crippen LogP contribution in [0, 0.1) is 5.92 Å². The molecule has 0 radical (unpaired) electrons. The van der Waals surface area contributed by atoms with E-state index in [1.54, 1.807) is 54.8 Å². The van der Waals surface area contributed by atoms with Crippen LogP contribution in [0.4, 0.5) is 0 Å². The molecule has 0 bridgehead atoms. The van der Waals surface area contributed by atoms with Crippen LogP contribution in [-0.4, -0.2) is 18.9 Å². The Hall–Kier alpha value is -4.43. The lowest BCUT2D eigenvalue weighted by atomic mass is 9.70. The minimum atomic E-state index is -0.997. The summed E-state index contributed by atoms with van der Waals surface area (Å²) in [5.41, 5.74) is 2.67. The quantitative estimate of drug-likeness (QED) is 0.301. The van der Waals surface area contributed by atoms with E-state index in [-0.39, 0.29) is 35.7 Å². The molecule has 1 N–H and O–H groups in total. The molecular formula is C32H27NO6S. The zero-order valence-electron chi connectivity index (χ0n) is 21.8. The maximum absolute atomic E-state index is 13.8. The van der Waals surface area contributed by atoms with Crippen molar-refractivity contribution in [2.24, 2.45) is 5.92 Å². The molecular weight excluding hydrogens is 526 g/mol. The number of ketones is 1. The summed E-state index contributed by atoms with van der Waals surface area (Å²) in [6.07, 6.45) is 2.24. The number of rotatable bonds is 6. The number of carbonyl (C=O) groups is 2. The molecule has 8 heteroatoms. The number of nitrogens with one attached hydrogen (secondary N) is 1. The number of Topliss-reactive ketones (excluding diaryl/α,β-unsaturated/α-hetero) is 1. The first-order valence-electron chi connectivity index (χ1n) is 13.0. The first-order valence-corrected chi connectivity index (χ1v) is 13.9. The van der Waals surface area contributed by atoms with Crippen molar-refractivity contribution >= 4 is 34.1 Å². The maximum Gasteiger partial charge on any atom is 0.316 e. The Morgan fingerprint density at radius 1 is 1.07 bits per heavy atom. The van der Waals surface area contributed by atoms with Gasteiger partial charge in [0.25, 0.3) is 0 Å². The Morgan fingerprint density at radius 3 is 2.62 bits per heavy atom. The molecule has 1 aliphatic carbocycles. The summed E-state index contributed by atoms with van der Waals surface area (Å²) in [6.45, 7) is 4.18. The maximum atomic E-state index is 13.8. The van der Waals surface area contributed by atoms with Crippen molar-refractivity contribution in [2.45, 2.75) is 31.3 Å². The van der Waals surface area contributed by atoms with E-state index in [1.807, 2.05) is 29.6 Å². The predicted octanol–water partition coefficient (Wildman–Crippen LogP) is 5.82. The van der Waals surface area contributed by atoms with Crippen LogP contribution >= 0.6 is 11.3 Å². The molecule has 3 heterocycles. The topological polar surface area (TPSA) is 94.8 Å². The summed E-state index contributed by atoms with van der Waals surface area (Å²) in [7, 11) is 1.58. The van der Waals surface area contributed by atoms with E-state index >= 15 is 0 Å². The second kappa shape index (κ2) is 10.6. The monoisotopic (exact) mass is 553 g/mol. The fraction of sp³-hybridized carbons (Fsp3) is 0.219. The van der Waals surface area contributed by atoms with Crippen LogP contribution in [0.5, 0.6) is 5.75 Å². The highest BCUT2D eigenvalue weighted by atomic mass is 32.1. The molecule has 4 aromatic rings. The van der Waals surface area contributed by atoms with Crippen LogP contribution in [0.25, 0.3) is 11.0 Å². The van der Waals surface area contributed by atoms with Crippen molar-refractivity contribution in [3.63, 3.8) is 0 Å². The number of esters is 1. The van der Waals surface area contributed by atoms with Crippen LogP contribution < -0.4 is 15.5 Å². The van der Waals surface area contributed by atoms with Crippen molar-refractivity contribution in [2.75, 3.05) is 7.11 Å². The number of hydrogen-bond acceptors (Lipinski definition) is 8. The highest BCUT2D eigenvalue weighted by Gasteiger charge is 2.46. The van der Waals surface area contributed by atoms with Gasteiger partial charge >= 0.3 is 5.97 Å². The minimum Gasteiger partial charge on any atom is -0.497 e. The lowest BCUT2D eigenvalue weighted by molar-refractivity contribution is -0.149. The molecule has 2 aliphatic rings. The first-order chi connectivity index (χ1) is 19.4. The van der Waals surface area contributed by atoms with Gasteiger partial charge in [0.1, 0.15) is 23.9 Å². The Morgan fingerprint density at radius 2 is 1.88 bits per heavy atom. The van der Waals surface area contributed by atoms with Crippen molar-refractivity contribution < 1.29 is 23.5 Å². The van der Waals surface area contributed by atoms with Gasteiger partial charge in [-0.25, -0.2) is 0 Å². The normalized spacial score (nSPS) is 20.7. The average Bonchev–Trinajstić information content (AvgIpc) is 3.51. The third-order valence-corrected chi connectivity index (χ3v) is 8.66. The molecule has 0 saturated carbocycles. The molecule has 3 atom stereocenters. The van der Waals surface area contributed by atoms with Crippen LogP contribution in [0.3, 0.4) is 0 Å². The molecule has 3 unspecified atom stereocenters. The van der Waals surface area contributed by atoms with Gasteiger partial charge in [0.2, 0.25) is 0 Å². The highest BCUT2D eigenvalue weighted by Crippen LogP contribution is 2.47. The molecule has 7 nitrogen and oxygen atoms in total. The Bertz CT molecular complexity index is 1700. The summed E-state index contributed by atoms with van der Waals surface area (Å²) in [4.78, 5) is 42.4. The second-order valence-electron chi connectivity index (χ2n) is 10.0. The third-order valence-electron chi connectivity index (χ3n) is 7.62. The number of thiophene rings is 1. The van der Waals surface area contributed by atoms with Crippen LogP contribution in [0.2, 0.25) is 0 Å². The first kappa shape index (κ1) is 25.8. The molecule has 202 valence electrons. The van der Waals surface area contributed by atoms with Crippen LogP contribution in [0.1, 0.15) is 40.7 Å². The molecule has 6 rings (SSSR count). The van der Waals surface area contributed by atoms with Gasteiger partial charge in [-0.3, -0.25) is 14.4 Å². The molecule has 0 fully saturated rings. The van der Waals surface area contributed by atoms with E-state index in [2.05, 4.69) is 11.9 Å². The molecule has 0 amide bonds. The Kier molecular flexibility index (Phi) is 6.86. The van der Waals surface area contributed by atoms with Gasteiger partial charge < -0.3 is 19.2 Å². The fourth-order valence-electron chi connectivity index (χ4n) is 5.66. The predicted molar refractivity (Wildman–Crippen MR) is 152 cm³/mol. The van der Waals surface area contributed by atoms with E-state index in [0.29, 0.717) is 40.1 Å². The van der Waals surface area contributed by atoms with Gasteiger partial charge in [-0.1, -0.05) is 36.9 Å². The standard InChI is InChI=1S/C32H27NO6S/c1-18-28(32(36)39-16-19-9-11-21(37-2)12-10-19)29(23-17-38-26-7-4-3-6-22(26)31(23)35)30-24(33-18)14-20(15-25(30)34)27-8-5-13-40-27/h3-13,17,20,28-29,33H,1,14-16H2,2H3. The lowest BCUT2D eigenvalue weighted by Crippen LogP contribution is -2.43. The summed E-state index contributed by atoms with van der Waals surface area (Å²) in [6, 6.07) is 18.1. The van der Waals surface area contributed by atoms with Crippen molar-refractivity contribution in [1.82, 2.24) is 5.32 Å². The number of methoxy groups -OCH3 is 1. The molecule has 1 aliphatic heterocycles. The van der Waals surface area contributed by atoms with Gasteiger partial charge in [-0.05, 0) is 47.7 Å². The summed E-state index contributed by atoms with van der Waals surface area (Å²) < 4.78 is 16.8. The van der Waals surface area contributed by atoms with Crippen LogP contribution in [-0.2, 0) is 20.9 Å². The van der Waals surface area contributed by atoms with E-state index in [1.165, 1.54) is 6.26 Å². The summed E-state index contributed by atoms with van der Waals surface area (Å²) >= 11 is 1.61. The smallest absolute Gasteiger partial charge is 0.316 e. The summed E-state index contributed by atoms with van der Waals surface area (Å²) in [5.74, 6) is -1.86. The Balaban J connectivity index is 1.41. The molecule has 40 heavy (non-hydrogen) atoms. The minimum absolute atomic E-state index is 0.0128. The van der Waals surface area contributed by atoms with E-state index in [4.69, 9.17) is 13.9 Å². The van der Waals surface area contributed by atoms with E-state index in [9.17, 15) is 14.4 Å². The second-order valence-corrected chi connectivity index (χ2v) is 11.0. The Labute approximate surface area is 234 Å². The number of ether oxygens (including phenoxy) is 2. The highest BCUT2D eigenvalue weighted by molar-refractivity contribution is 7.10. The van der Waals surface area contributed by atoms with Crippen molar-refractivity contribution in [3.8, 4) is 5.75 Å². The number of carbonyl (C=O) groups excluding carboxylic acids is 2. The molecule has 2 aromatic carbocycles. The number of allylic oxidation sites excluding steroid dienone is 2. The lowest BCUT2D eigenvalue weighted by Gasteiger charge is -2.39. The zero-order chi connectivity index (χ0) is 27.8. The number of fused-ring (bicyclic) bond motifs is 1. The fourth-order valence-corrected chi connectivity index (χ4v) is 6.49. The number of hydrogen-bond donors (Lipinski definition) is 1. The third kappa shape index (κ3) is 4.64. The largest absolute Gasteiger partial charge is 0.497 e. The molecule has 0 spiro atoms. The van der Waals surface area contributed by atoms with Gasteiger partial charge in [-0.2, -0.15) is 0 Å². The SMILES string of the molecule is C=C1NC2=C(C(=O)CC(c3cccs3)C2)C(c2coc3ccccc3c2=O)C1C(=O)OCc1ccc(OC)cc1. The van der Waals surface area contributed by atoms with E-state index < -0.39 is 17.8 Å². The van der Waals surface area contributed by atoms with Gasteiger partial charge in [-0.15, -0.1) is 11.3 Å². The number of para-hydroxylation sites is 1. The molecule has 0 saturated heterocycles. The van der Waals surface area contributed by atoms with Gasteiger partial charge in [0.15, 0.2) is 11.2 Å². The van der Waals surface area contributed by atoms with E-state index in [0.717, 1.165) is 10.4 Å². The molecule has 2 aromatic heterocycles. The van der Waals surface area contributed by atoms with Crippen molar-refractivity contribution in [3.05, 3.63) is 122 Å². The van der Waals surface area contributed by atoms with Gasteiger partial charge in [0.05, 0.1) is 18.8 Å². The average molecular weight is 554 g/mol. The summed E-state index contributed by atoms with van der Waals surface area (Å²) in [5, 5.41) is 5.64.